The van der Waals surface area contributed by atoms with Crippen molar-refractivity contribution >= 4 is 5.82 Å². The van der Waals surface area contributed by atoms with E-state index in [0.717, 1.165) is 12.3 Å². The predicted octanol–water partition coefficient (Wildman–Crippen LogP) is 2.16. The summed E-state index contributed by atoms with van der Waals surface area (Å²) < 4.78 is 39.3. The highest BCUT2D eigenvalue weighted by Gasteiger charge is 2.31. The number of hydrogen-bond donors (Lipinski definition) is 2. The molecule has 1 aromatic rings. The van der Waals surface area contributed by atoms with Gasteiger partial charge in [-0.25, -0.2) is 4.98 Å². The Bertz CT molecular complexity index is 336. The normalized spacial score (nSPS) is 13.2. The Kier molecular flexibility index (Phi) is 4.56. The number of pyridine rings is 1. The summed E-state index contributed by atoms with van der Waals surface area (Å²) in [5.41, 5.74) is 0. The van der Waals surface area contributed by atoms with Gasteiger partial charge < -0.3 is 15.2 Å². The Balaban J connectivity index is 2.62. The van der Waals surface area contributed by atoms with E-state index in [1.54, 1.807) is 0 Å². The molecule has 0 aromatic carbocycles. The van der Waals surface area contributed by atoms with E-state index >= 15 is 0 Å². The van der Waals surface area contributed by atoms with Gasteiger partial charge in [0.15, 0.2) is 0 Å². The molecule has 1 rings (SSSR count). The van der Waals surface area contributed by atoms with Gasteiger partial charge in [-0.3, -0.25) is 0 Å². The molecule has 0 fully saturated rings. The molecule has 96 valence electrons. The van der Waals surface area contributed by atoms with Crippen LogP contribution in [0.2, 0.25) is 0 Å². The van der Waals surface area contributed by atoms with Crippen molar-refractivity contribution in [3.63, 3.8) is 0 Å². The van der Waals surface area contributed by atoms with Gasteiger partial charge in [0.25, 0.3) is 0 Å². The van der Waals surface area contributed by atoms with E-state index in [1.807, 2.05) is 6.92 Å². The lowest BCUT2D eigenvalue weighted by Crippen LogP contribution is -2.23. The van der Waals surface area contributed by atoms with Gasteiger partial charge in [-0.1, -0.05) is 6.92 Å². The molecule has 0 aliphatic carbocycles. The van der Waals surface area contributed by atoms with Gasteiger partial charge in [0.2, 0.25) is 0 Å². The number of hydrogen-bond acceptors (Lipinski definition) is 4. The molecule has 0 amide bonds. The first-order valence-corrected chi connectivity index (χ1v) is 5.03. The number of aromatic nitrogens is 1. The highest BCUT2D eigenvalue weighted by Crippen LogP contribution is 2.22. The molecule has 0 saturated carbocycles. The van der Waals surface area contributed by atoms with Gasteiger partial charge in [0.1, 0.15) is 11.6 Å². The highest BCUT2D eigenvalue weighted by atomic mass is 19.4. The number of aliphatic hydroxyl groups excluding tert-OH is 1. The molecule has 0 aliphatic rings. The van der Waals surface area contributed by atoms with Crippen LogP contribution in [0.4, 0.5) is 19.0 Å². The second kappa shape index (κ2) is 5.72. The number of rotatable bonds is 5. The van der Waals surface area contributed by atoms with Crippen molar-refractivity contribution in [2.24, 2.45) is 0 Å². The van der Waals surface area contributed by atoms with Gasteiger partial charge in [-0.15, -0.1) is 13.2 Å². The lowest BCUT2D eigenvalue weighted by Gasteiger charge is -2.15. The number of halogens is 3. The predicted molar refractivity (Wildman–Crippen MR) is 55.7 cm³/mol. The summed E-state index contributed by atoms with van der Waals surface area (Å²) in [6, 6.07) is 2.35. The first-order chi connectivity index (χ1) is 7.94. The average Bonchev–Trinajstić information content (AvgIpc) is 2.26. The van der Waals surface area contributed by atoms with Crippen LogP contribution in [-0.2, 0) is 0 Å². The van der Waals surface area contributed by atoms with Crippen LogP contribution in [0.15, 0.2) is 18.3 Å². The van der Waals surface area contributed by atoms with Crippen LogP contribution in [-0.4, -0.2) is 29.1 Å². The first-order valence-electron chi connectivity index (χ1n) is 5.03. The van der Waals surface area contributed by atoms with E-state index in [1.165, 1.54) is 6.07 Å². The Labute approximate surface area is 96.4 Å². The maximum absolute atomic E-state index is 11.9. The smallest absolute Gasteiger partial charge is 0.404 e. The van der Waals surface area contributed by atoms with Crippen LogP contribution in [0, 0.1) is 0 Å². The third-order valence-corrected chi connectivity index (χ3v) is 2.04. The standard InChI is InChI=1S/C10H13F3N2O2/c1-2-7(6-16)15-9-4-3-8(5-14-9)17-10(11,12)13/h3-5,7,16H,2,6H2,1H3,(H,14,15). The second-order valence-corrected chi connectivity index (χ2v) is 3.36. The monoisotopic (exact) mass is 250 g/mol. The number of ether oxygens (including phenoxy) is 1. The minimum Gasteiger partial charge on any atom is -0.404 e. The molecule has 4 nitrogen and oxygen atoms in total. The van der Waals surface area contributed by atoms with E-state index in [0.29, 0.717) is 12.2 Å². The quantitative estimate of drug-likeness (QED) is 0.840. The van der Waals surface area contributed by atoms with Crippen LogP contribution >= 0.6 is 0 Å². The minimum absolute atomic E-state index is 0.0705. The van der Waals surface area contributed by atoms with Crippen LogP contribution in [0.5, 0.6) is 5.75 Å². The van der Waals surface area contributed by atoms with Gasteiger partial charge in [-0.2, -0.15) is 0 Å². The maximum Gasteiger partial charge on any atom is 0.573 e. The van der Waals surface area contributed by atoms with E-state index in [-0.39, 0.29) is 18.4 Å². The van der Waals surface area contributed by atoms with Crippen molar-refractivity contribution < 1.29 is 23.0 Å². The minimum atomic E-state index is -4.71. The number of alkyl halides is 3. The summed E-state index contributed by atoms with van der Waals surface area (Å²) in [7, 11) is 0. The maximum atomic E-state index is 11.9. The molecule has 2 N–H and O–H groups in total. The summed E-state index contributed by atoms with van der Waals surface area (Å²) in [6.07, 6.45) is -3.06. The van der Waals surface area contributed by atoms with Gasteiger partial charge in [0, 0.05) is 0 Å². The summed E-state index contributed by atoms with van der Waals surface area (Å²) >= 11 is 0. The molecular weight excluding hydrogens is 237 g/mol. The van der Waals surface area contributed by atoms with Crippen LogP contribution < -0.4 is 10.1 Å². The molecule has 1 unspecified atom stereocenters. The molecule has 0 bridgehead atoms. The Morgan fingerprint density at radius 2 is 2.18 bits per heavy atom. The number of nitrogens with zero attached hydrogens (tertiary/aromatic N) is 1. The molecule has 1 aromatic heterocycles. The van der Waals surface area contributed by atoms with E-state index < -0.39 is 6.36 Å². The summed E-state index contributed by atoms with van der Waals surface area (Å²) in [6.45, 7) is 1.80. The van der Waals surface area contributed by atoms with Gasteiger partial charge >= 0.3 is 6.36 Å². The molecule has 1 heterocycles. The fourth-order valence-corrected chi connectivity index (χ4v) is 1.15. The van der Waals surface area contributed by atoms with Crippen molar-refractivity contribution in [1.29, 1.82) is 0 Å². The molecule has 0 aliphatic heterocycles. The lowest BCUT2D eigenvalue weighted by atomic mass is 10.2. The Hall–Kier alpha value is -1.50. The topological polar surface area (TPSA) is 54.4 Å². The molecular formula is C10H13F3N2O2. The Morgan fingerprint density at radius 3 is 2.59 bits per heavy atom. The molecule has 1 atom stereocenters. The molecule has 0 saturated heterocycles. The summed E-state index contributed by atoms with van der Waals surface area (Å²) in [5, 5.41) is 11.8. The van der Waals surface area contributed by atoms with E-state index in [2.05, 4.69) is 15.0 Å². The van der Waals surface area contributed by atoms with Crippen molar-refractivity contribution in [2.45, 2.75) is 25.7 Å². The summed E-state index contributed by atoms with van der Waals surface area (Å²) in [4.78, 5) is 3.75. The molecule has 0 radical (unpaired) electrons. The number of nitrogens with one attached hydrogen (secondary N) is 1. The van der Waals surface area contributed by atoms with Crippen molar-refractivity contribution in [3.05, 3.63) is 18.3 Å². The highest BCUT2D eigenvalue weighted by molar-refractivity contribution is 5.38. The van der Waals surface area contributed by atoms with Crippen molar-refractivity contribution in [1.82, 2.24) is 4.98 Å². The zero-order valence-electron chi connectivity index (χ0n) is 9.16. The van der Waals surface area contributed by atoms with Crippen LogP contribution in [0.3, 0.4) is 0 Å². The van der Waals surface area contributed by atoms with Gasteiger partial charge in [0.05, 0.1) is 18.8 Å². The Morgan fingerprint density at radius 1 is 1.47 bits per heavy atom. The van der Waals surface area contributed by atoms with Crippen LogP contribution in [0.1, 0.15) is 13.3 Å². The molecule has 0 spiro atoms. The average molecular weight is 250 g/mol. The van der Waals surface area contributed by atoms with Gasteiger partial charge in [-0.05, 0) is 18.6 Å². The molecule has 7 heteroatoms. The lowest BCUT2D eigenvalue weighted by molar-refractivity contribution is -0.274. The fourth-order valence-electron chi connectivity index (χ4n) is 1.15. The largest absolute Gasteiger partial charge is 0.573 e. The van der Waals surface area contributed by atoms with Crippen molar-refractivity contribution in [2.75, 3.05) is 11.9 Å². The summed E-state index contributed by atoms with van der Waals surface area (Å²) in [5.74, 6) is 0.0144. The number of aliphatic hydroxyl groups is 1. The molecule has 17 heavy (non-hydrogen) atoms. The van der Waals surface area contributed by atoms with Crippen LogP contribution in [0.25, 0.3) is 0 Å². The van der Waals surface area contributed by atoms with E-state index in [4.69, 9.17) is 5.11 Å². The van der Waals surface area contributed by atoms with E-state index in [9.17, 15) is 13.2 Å². The van der Waals surface area contributed by atoms with Crippen molar-refractivity contribution in [3.8, 4) is 5.75 Å². The third-order valence-electron chi connectivity index (χ3n) is 2.04. The second-order valence-electron chi connectivity index (χ2n) is 3.36. The third kappa shape index (κ3) is 4.90. The number of anilines is 1. The SMILES string of the molecule is CCC(CO)Nc1ccc(OC(F)(F)F)cn1. The zero-order valence-corrected chi connectivity index (χ0v) is 9.16. The first kappa shape index (κ1) is 13.6. The fraction of sp³-hybridized carbons (Fsp3) is 0.500. The zero-order chi connectivity index (χ0) is 12.9.